The van der Waals surface area contributed by atoms with Gasteiger partial charge in [0.25, 0.3) is 0 Å². The van der Waals surface area contributed by atoms with Crippen LogP contribution in [0.1, 0.15) is 41.4 Å². The third-order valence-electron chi connectivity index (χ3n) is 2.98. The molecule has 0 saturated carbocycles. The van der Waals surface area contributed by atoms with Crippen LogP contribution in [0.4, 0.5) is 0 Å². The van der Waals surface area contributed by atoms with Gasteiger partial charge in [-0.15, -0.1) is 0 Å². The molecule has 0 radical (unpaired) electrons. The summed E-state index contributed by atoms with van der Waals surface area (Å²) in [4.78, 5) is 19.8. The zero-order valence-electron chi connectivity index (χ0n) is 11.2. The molecule has 98 valence electrons. The summed E-state index contributed by atoms with van der Waals surface area (Å²) >= 11 is 0. The molecule has 0 fully saturated rings. The van der Waals surface area contributed by atoms with E-state index >= 15 is 0 Å². The maximum absolute atomic E-state index is 11.2. The quantitative estimate of drug-likeness (QED) is 0.915. The molecule has 1 aromatic heterocycles. The van der Waals surface area contributed by atoms with Crippen LogP contribution < -0.4 is 0 Å². The predicted molar refractivity (Wildman–Crippen MR) is 73.3 cm³/mol. The Morgan fingerprint density at radius 1 is 1.26 bits per heavy atom. The van der Waals surface area contributed by atoms with Crippen molar-refractivity contribution in [2.24, 2.45) is 0 Å². The van der Waals surface area contributed by atoms with Gasteiger partial charge >= 0.3 is 5.97 Å². The second-order valence-electron chi connectivity index (χ2n) is 4.77. The Morgan fingerprint density at radius 2 is 1.95 bits per heavy atom. The van der Waals surface area contributed by atoms with E-state index in [0.717, 1.165) is 11.1 Å². The van der Waals surface area contributed by atoms with Crippen molar-refractivity contribution in [2.75, 3.05) is 0 Å². The van der Waals surface area contributed by atoms with Gasteiger partial charge in [0.05, 0.1) is 11.3 Å². The second-order valence-corrected chi connectivity index (χ2v) is 4.77. The van der Waals surface area contributed by atoms with Crippen LogP contribution in [-0.2, 0) is 0 Å². The molecule has 1 aromatic carbocycles. The standard InChI is InChI=1S/C15H16N2O2/c1-9(2)13-12(15(18)19)8-16-14(17-13)11-7-5-4-6-10(11)3/h4-9H,1-3H3,(H,18,19). The van der Waals surface area contributed by atoms with Gasteiger partial charge in [0.2, 0.25) is 0 Å². The molecule has 0 aliphatic carbocycles. The molecule has 0 aliphatic rings. The lowest BCUT2D eigenvalue weighted by atomic mass is 10.0. The van der Waals surface area contributed by atoms with E-state index in [2.05, 4.69) is 9.97 Å². The van der Waals surface area contributed by atoms with E-state index in [-0.39, 0.29) is 11.5 Å². The topological polar surface area (TPSA) is 63.1 Å². The van der Waals surface area contributed by atoms with Gasteiger partial charge in [0, 0.05) is 11.8 Å². The monoisotopic (exact) mass is 256 g/mol. The molecule has 0 saturated heterocycles. The smallest absolute Gasteiger partial charge is 0.339 e. The maximum Gasteiger partial charge on any atom is 0.339 e. The Bertz CT molecular complexity index is 621. The molecule has 4 nitrogen and oxygen atoms in total. The van der Waals surface area contributed by atoms with E-state index in [1.807, 2.05) is 45.0 Å². The number of carbonyl (C=O) groups is 1. The number of benzene rings is 1. The fraction of sp³-hybridized carbons (Fsp3) is 0.267. The molecule has 2 aromatic rings. The summed E-state index contributed by atoms with van der Waals surface area (Å²) in [5, 5.41) is 9.15. The number of hydrogen-bond acceptors (Lipinski definition) is 3. The predicted octanol–water partition coefficient (Wildman–Crippen LogP) is 3.27. The average molecular weight is 256 g/mol. The zero-order valence-corrected chi connectivity index (χ0v) is 11.2. The Morgan fingerprint density at radius 3 is 2.53 bits per heavy atom. The van der Waals surface area contributed by atoms with E-state index in [1.54, 1.807) is 0 Å². The Hall–Kier alpha value is -2.23. The van der Waals surface area contributed by atoms with Crippen LogP contribution in [0.25, 0.3) is 11.4 Å². The van der Waals surface area contributed by atoms with E-state index in [9.17, 15) is 4.79 Å². The number of aromatic nitrogens is 2. The Balaban J connectivity index is 2.59. The van der Waals surface area contributed by atoms with Crippen LogP contribution in [0.5, 0.6) is 0 Å². The summed E-state index contributed by atoms with van der Waals surface area (Å²) in [6.07, 6.45) is 1.40. The lowest BCUT2D eigenvalue weighted by molar-refractivity contribution is 0.0694. The lowest BCUT2D eigenvalue weighted by Crippen LogP contribution is -2.09. The van der Waals surface area contributed by atoms with E-state index in [1.165, 1.54) is 6.20 Å². The van der Waals surface area contributed by atoms with Gasteiger partial charge in [-0.05, 0) is 18.4 Å². The SMILES string of the molecule is Cc1ccccc1-c1ncc(C(=O)O)c(C(C)C)n1. The number of aromatic carboxylic acids is 1. The molecule has 0 amide bonds. The number of rotatable bonds is 3. The first-order chi connectivity index (χ1) is 9.00. The average Bonchev–Trinajstić information content (AvgIpc) is 2.38. The highest BCUT2D eigenvalue weighted by atomic mass is 16.4. The van der Waals surface area contributed by atoms with Gasteiger partial charge in [-0.2, -0.15) is 0 Å². The summed E-state index contributed by atoms with van der Waals surface area (Å²) in [6, 6.07) is 7.80. The second kappa shape index (κ2) is 5.18. The van der Waals surface area contributed by atoms with Crippen molar-refractivity contribution >= 4 is 5.97 Å². The minimum atomic E-state index is -0.986. The van der Waals surface area contributed by atoms with Crippen molar-refractivity contribution < 1.29 is 9.90 Å². The number of carboxylic acids is 1. The summed E-state index contributed by atoms with van der Waals surface area (Å²) in [7, 11) is 0. The fourth-order valence-electron chi connectivity index (χ4n) is 1.95. The molecule has 1 heterocycles. The number of nitrogens with zero attached hydrogens (tertiary/aromatic N) is 2. The molecular formula is C15H16N2O2. The highest BCUT2D eigenvalue weighted by Gasteiger charge is 2.17. The third-order valence-corrected chi connectivity index (χ3v) is 2.98. The van der Waals surface area contributed by atoms with Gasteiger partial charge < -0.3 is 5.11 Å². The number of carboxylic acid groups (broad SMARTS) is 1. The number of aryl methyl sites for hydroxylation is 1. The Kier molecular flexibility index (Phi) is 3.60. The van der Waals surface area contributed by atoms with Gasteiger partial charge in [0.15, 0.2) is 5.82 Å². The first kappa shape index (κ1) is 13.2. The maximum atomic E-state index is 11.2. The van der Waals surface area contributed by atoms with Crippen molar-refractivity contribution in [2.45, 2.75) is 26.7 Å². The van der Waals surface area contributed by atoms with Crippen molar-refractivity contribution in [1.82, 2.24) is 9.97 Å². The lowest BCUT2D eigenvalue weighted by Gasteiger charge is -2.11. The zero-order chi connectivity index (χ0) is 14.0. The van der Waals surface area contributed by atoms with Crippen LogP contribution >= 0.6 is 0 Å². The summed E-state index contributed by atoms with van der Waals surface area (Å²) in [5.74, 6) is -0.372. The van der Waals surface area contributed by atoms with E-state index in [0.29, 0.717) is 11.5 Å². The first-order valence-corrected chi connectivity index (χ1v) is 6.17. The first-order valence-electron chi connectivity index (χ1n) is 6.17. The van der Waals surface area contributed by atoms with Gasteiger partial charge in [-0.1, -0.05) is 38.1 Å². The van der Waals surface area contributed by atoms with Crippen molar-refractivity contribution in [1.29, 1.82) is 0 Å². The van der Waals surface area contributed by atoms with Crippen LogP contribution in [0.15, 0.2) is 30.5 Å². The van der Waals surface area contributed by atoms with Crippen molar-refractivity contribution in [3.8, 4) is 11.4 Å². The molecule has 19 heavy (non-hydrogen) atoms. The van der Waals surface area contributed by atoms with Crippen molar-refractivity contribution in [3.05, 3.63) is 47.3 Å². The van der Waals surface area contributed by atoms with E-state index < -0.39 is 5.97 Å². The fourth-order valence-corrected chi connectivity index (χ4v) is 1.95. The summed E-state index contributed by atoms with van der Waals surface area (Å²) < 4.78 is 0. The molecule has 4 heteroatoms. The molecular weight excluding hydrogens is 240 g/mol. The minimum absolute atomic E-state index is 0.0388. The third kappa shape index (κ3) is 2.62. The van der Waals surface area contributed by atoms with Crippen molar-refractivity contribution in [3.63, 3.8) is 0 Å². The van der Waals surface area contributed by atoms with Gasteiger partial charge in [0.1, 0.15) is 0 Å². The minimum Gasteiger partial charge on any atom is -0.478 e. The molecule has 1 N–H and O–H groups in total. The molecule has 0 atom stereocenters. The normalized spacial score (nSPS) is 10.7. The van der Waals surface area contributed by atoms with Crippen LogP contribution in [0, 0.1) is 6.92 Å². The Labute approximate surface area is 112 Å². The number of hydrogen-bond donors (Lipinski definition) is 1. The largest absolute Gasteiger partial charge is 0.478 e. The van der Waals surface area contributed by atoms with Crippen LogP contribution in [0.3, 0.4) is 0 Å². The molecule has 0 spiro atoms. The summed E-state index contributed by atoms with van der Waals surface area (Å²) in [5.41, 5.74) is 2.75. The molecule has 0 aliphatic heterocycles. The van der Waals surface area contributed by atoms with Gasteiger partial charge in [-0.3, -0.25) is 0 Å². The van der Waals surface area contributed by atoms with Crippen LogP contribution in [-0.4, -0.2) is 21.0 Å². The highest BCUT2D eigenvalue weighted by molar-refractivity contribution is 5.89. The van der Waals surface area contributed by atoms with Crippen LogP contribution in [0.2, 0.25) is 0 Å². The van der Waals surface area contributed by atoms with E-state index in [4.69, 9.17) is 5.11 Å². The van der Waals surface area contributed by atoms with Gasteiger partial charge in [-0.25, -0.2) is 14.8 Å². The molecule has 0 bridgehead atoms. The molecule has 0 unspecified atom stereocenters. The molecule has 2 rings (SSSR count). The highest BCUT2D eigenvalue weighted by Crippen LogP contribution is 2.23. The summed E-state index contributed by atoms with van der Waals surface area (Å²) in [6.45, 7) is 5.84.